The van der Waals surface area contributed by atoms with Crippen molar-refractivity contribution in [3.8, 4) is 0 Å². The van der Waals surface area contributed by atoms with Crippen LogP contribution in [0.5, 0.6) is 0 Å². The average Bonchev–Trinajstić information content (AvgIpc) is 2.42. The number of amides is 1. The summed E-state index contributed by atoms with van der Waals surface area (Å²) in [4.78, 5) is 14.1. The molecular formula is C14H19ClN2O2. The van der Waals surface area contributed by atoms with Crippen LogP contribution < -0.4 is 5.32 Å². The van der Waals surface area contributed by atoms with Crippen molar-refractivity contribution in [2.75, 3.05) is 18.4 Å². The number of para-hydroxylation sites is 1. The van der Waals surface area contributed by atoms with Gasteiger partial charge < -0.3 is 4.74 Å². The summed E-state index contributed by atoms with van der Waals surface area (Å²) >= 11 is 5.99. The number of carbonyl (C=O) groups is 1. The molecule has 4 nitrogen and oxygen atoms in total. The van der Waals surface area contributed by atoms with Gasteiger partial charge in [0, 0.05) is 6.54 Å². The first-order valence-electron chi connectivity index (χ1n) is 6.67. The lowest BCUT2D eigenvalue weighted by Crippen LogP contribution is -2.42. The van der Waals surface area contributed by atoms with Crippen molar-refractivity contribution in [2.45, 2.75) is 32.4 Å². The van der Waals surface area contributed by atoms with Crippen molar-refractivity contribution in [3.63, 3.8) is 0 Å². The number of anilines is 1. The first-order chi connectivity index (χ1) is 9.20. The molecule has 0 aromatic heterocycles. The zero-order valence-corrected chi connectivity index (χ0v) is 11.8. The summed E-state index contributed by atoms with van der Waals surface area (Å²) in [7, 11) is 0. The largest absolute Gasteiger partial charge is 0.430 e. The van der Waals surface area contributed by atoms with Crippen LogP contribution in [0, 0.1) is 0 Å². The van der Waals surface area contributed by atoms with Crippen LogP contribution in [0.3, 0.4) is 0 Å². The molecule has 1 fully saturated rings. The molecule has 1 amide bonds. The monoisotopic (exact) mass is 282 g/mol. The lowest BCUT2D eigenvalue weighted by molar-refractivity contribution is -0.0282. The fraction of sp³-hybridized carbons (Fsp3) is 0.500. The lowest BCUT2D eigenvalue weighted by atomic mass is 10.1. The highest BCUT2D eigenvalue weighted by Gasteiger charge is 2.24. The highest BCUT2D eigenvalue weighted by molar-refractivity contribution is 6.33. The smallest absolute Gasteiger partial charge is 0.413 e. The van der Waals surface area contributed by atoms with E-state index < -0.39 is 6.09 Å². The first-order valence-corrected chi connectivity index (χ1v) is 7.04. The SMILES string of the molecule is CCN1CCCCC1OC(=O)Nc1ccccc1Cl. The molecule has 1 N–H and O–H groups in total. The average molecular weight is 283 g/mol. The Balaban J connectivity index is 1.92. The molecule has 0 spiro atoms. The number of ether oxygens (including phenoxy) is 1. The van der Waals surface area contributed by atoms with Crippen LogP contribution >= 0.6 is 11.6 Å². The molecule has 0 saturated carbocycles. The molecule has 1 atom stereocenters. The summed E-state index contributed by atoms with van der Waals surface area (Å²) in [6.07, 6.45) is 2.59. The van der Waals surface area contributed by atoms with E-state index in [4.69, 9.17) is 16.3 Å². The highest BCUT2D eigenvalue weighted by atomic mass is 35.5. The maximum Gasteiger partial charge on any atom is 0.413 e. The van der Waals surface area contributed by atoms with Crippen molar-refractivity contribution >= 4 is 23.4 Å². The molecule has 1 aliphatic heterocycles. The topological polar surface area (TPSA) is 41.6 Å². The number of carbonyl (C=O) groups excluding carboxylic acids is 1. The third-order valence-corrected chi connectivity index (χ3v) is 3.64. The molecule has 1 heterocycles. The van der Waals surface area contributed by atoms with Gasteiger partial charge in [0.1, 0.15) is 0 Å². The fourth-order valence-corrected chi connectivity index (χ4v) is 2.46. The summed E-state index contributed by atoms with van der Waals surface area (Å²) in [6, 6.07) is 7.12. The maximum atomic E-state index is 11.9. The second-order valence-electron chi connectivity index (χ2n) is 4.59. The molecule has 0 radical (unpaired) electrons. The van der Waals surface area contributed by atoms with E-state index in [9.17, 15) is 4.79 Å². The van der Waals surface area contributed by atoms with Crippen LogP contribution in [-0.2, 0) is 4.74 Å². The lowest BCUT2D eigenvalue weighted by Gasteiger charge is -2.33. The predicted octanol–water partition coefficient (Wildman–Crippen LogP) is 3.72. The van der Waals surface area contributed by atoms with E-state index in [1.54, 1.807) is 12.1 Å². The van der Waals surface area contributed by atoms with Crippen LogP contribution in [0.25, 0.3) is 0 Å². The Hall–Kier alpha value is -1.26. The number of hydrogen-bond acceptors (Lipinski definition) is 3. The molecule has 5 heteroatoms. The van der Waals surface area contributed by atoms with E-state index in [0.29, 0.717) is 10.7 Å². The zero-order chi connectivity index (χ0) is 13.7. The Labute approximate surface area is 118 Å². The summed E-state index contributed by atoms with van der Waals surface area (Å²) in [6.45, 7) is 3.96. The summed E-state index contributed by atoms with van der Waals surface area (Å²) in [5.41, 5.74) is 0.577. The quantitative estimate of drug-likeness (QED) is 0.919. The predicted molar refractivity (Wildman–Crippen MR) is 76.4 cm³/mol. The number of rotatable bonds is 3. The molecule has 0 aliphatic carbocycles. The van der Waals surface area contributed by atoms with Crippen LogP contribution in [0.4, 0.5) is 10.5 Å². The van der Waals surface area contributed by atoms with Gasteiger partial charge in [-0.25, -0.2) is 4.79 Å². The number of likely N-dealkylation sites (tertiary alicyclic amines) is 1. The molecule has 2 rings (SSSR count). The molecular weight excluding hydrogens is 264 g/mol. The van der Waals surface area contributed by atoms with Gasteiger partial charge in [0.15, 0.2) is 6.23 Å². The molecule has 19 heavy (non-hydrogen) atoms. The molecule has 1 unspecified atom stereocenters. The Morgan fingerprint density at radius 1 is 1.47 bits per heavy atom. The Morgan fingerprint density at radius 2 is 2.26 bits per heavy atom. The number of piperidine rings is 1. The normalized spacial score (nSPS) is 20.0. The molecule has 1 aliphatic rings. The van der Waals surface area contributed by atoms with Crippen LogP contribution in [0.15, 0.2) is 24.3 Å². The molecule has 1 aromatic rings. The highest BCUT2D eigenvalue weighted by Crippen LogP contribution is 2.22. The van der Waals surface area contributed by atoms with Gasteiger partial charge >= 0.3 is 6.09 Å². The van der Waals surface area contributed by atoms with Gasteiger partial charge in [0.2, 0.25) is 0 Å². The standard InChI is InChI=1S/C14H19ClN2O2/c1-2-17-10-6-5-9-13(17)19-14(18)16-12-8-4-3-7-11(12)15/h3-4,7-8,13H,2,5-6,9-10H2,1H3,(H,16,18). The second kappa shape index (κ2) is 6.78. The van der Waals surface area contributed by atoms with Gasteiger partial charge in [-0.05, 0) is 37.9 Å². The van der Waals surface area contributed by atoms with E-state index in [1.807, 2.05) is 12.1 Å². The number of hydrogen-bond donors (Lipinski definition) is 1. The van der Waals surface area contributed by atoms with Crippen LogP contribution in [0.2, 0.25) is 5.02 Å². The van der Waals surface area contributed by atoms with Gasteiger partial charge in [0.05, 0.1) is 10.7 Å². The number of benzene rings is 1. The van der Waals surface area contributed by atoms with Crippen molar-refractivity contribution in [3.05, 3.63) is 29.3 Å². The molecule has 1 saturated heterocycles. The van der Waals surface area contributed by atoms with Crippen molar-refractivity contribution < 1.29 is 9.53 Å². The first kappa shape index (κ1) is 14.2. The van der Waals surface area contributed by atoms with Gasteiger partial charge in [-0.15, -0.1) is 0 Å². The number of nitrogens with one attached hydrogen (secondary N) is 1. The minimum atomic E-state index is -0.446. The molecule has 1 aromatic carbocycles. The second-order valence-corrected chi connectivity index (χ2v) is 5.00. The van der Waals surface area contributed by atoms with E-state index in [2.05, 4.69) is 17.1 Å². The van der Waals surface area contributed by atoms with Crippen molar-refractivity contribution in [1.29, 1.82) is 0 Å². The third kappa shape index (κ3) is 3.85. The van der Waals surface area contributed by atoms with E-state index in [1.165, 1.54) is 6.42 Å². The minimum Gasteiger partial charge on any atom is -0.430 e. The summed E-state index contributed by atoms with van der Waals surface area (Å²) < 4.78 is 5.47. The fourth-order valence-electron chi connectivity index (χ4n) is 2.28. The number of nitrogens with zero attached hydrogens (tertiary/aromatic N) is 1. The van der Waals surface area contributed by atoms with Crippen LogP contribution in [-0.4, -0.2) is 30.3 Å². The molecule has 0 bridgehead atoms. The Bertz CT molecular complexity index is 439. The van der Waals surface area contributed by atoms with Crippen molar-refractivity contribution in [2.24, 2.45) is 0 Å². The number of halogens is 1. The van der Waals surface area contributed by atoms with Crippen LogP contribution in [0.1, 0.15) is 26.2 Å². The van der Waals surface area contributed by atoms with E-state index in [0.717, 1.165) is 25.9 Å². The van der Waals surface area contributed by atoms with E-state index in [-0.39, 0.29) is 6.23 Å². The van der Waals surface area contributed by atoms with Gasteiger partial charge in [-0.3, -0.25) is 10.2 Å². The third-order valence-electron chi connectivity index (χ3n) is 3.31. The Morgan fingerprint density at radius 3 is 3.00 bits per heavy atom. The summed E-state index contributed by atoms with van der Waals surface area (Å²) in [5, 5.41) is 3.19. The Kier molecular flexibility index (Phi) is 5.05. The van der Waals surface area contributed by atoms with Gasteiger partial charge in [-0.2, -0.15) is 0 Å². The maximum absolute atomic E-state index is 11.9. The van der Waals surface area contributed by atoms with E-state index >= 15 is 0 Å². The minimum absolute atomic E-state index is 0.124. The molecule has 104 valence electrons. The van der Waals surface area contributed by atoms with Crippen molar-refractivity contribution in [1.82, 2.24) is 4.90 Å². The summed E-state index contributed by atoms with van der Waals surface area (Å²) in [5.74, 6) is 0. The van der Waals surface area contributed by atoms with Gasteiger partial charge in [0.25, 0.3) is 0 Å². The van der Waals surface area contributed by atoms with Gasteiger partial charge in [-0.1, -0.05) is 30.7 Å². The zero-order valence-electron chi connectivity index (χ0n) is 11.1.